The number of methoxy groups -OCH3 is 1. The third kappa shape index (κ3) is 3.80. The molecule has 23 heavy (non-hydrogen) atoms. The maximum Gasteiger partial charge on any atom is 0.264 e. The van der Waals surface area contributed by atoms with Gasteiger partial charge in [-0.05, 0) is 42.5 Å². The maximum atomic E-state index is 12.9. The molecule has 4 nitrogen and oxygen atoms in total. The predicted octanol–water partition coefficient (Wildman–Crippen LogP) is 4.38. The van der Waals surface area contributed by atoms with Crippen LogP contribution in [0.2, 0.25) is 10.0 Å². The van der Waals surface area contributed by atoms with Gasteiger partial charge in [-0.3, -0.25) is 4.31 Å². The van der Waals surface area contributed by atoms with Gasteiger partial charge in [-0.2, -0.15) is 0 Å². The van der Waals surface area contributed by atoms with Gasteiger partial charge in [0.15, 0.2) is 0 Å². The number of rotatable bonds is 6. The normalized spacial score (nSPS) is 11.1. The molecule has 0 N–H and O–H groups in total. The second kappa shape index (κ2) is 7.25. The summed E-state index contributed by atoms with van der Waals surface area (Å²) in [5.41, 5.74) is 0.342. The average Bonchev–Trinajstić information content (AvgIpc) is 2.53. The summed E-state index contributed by atoms with van der Waals surface area (Å²) >= 11 is 11.8. The lowest BCUT2D eigenvalue weighted by Gasteiger charge is -2.25. The fourth-order valence-corrected chi connectivity index (χ4v) is 3.77. The standard InChI is InChI=1S/C16H15Cl2NO3S/c1-3-10-19(15-11-13(18)6-9-16(15)22-2)23(20,21)14-7-4-12(17)5-8-14/h3-9,11H,1,10H2,2H3. The fourth-order valence-electron chi connectivity index (χ4n) is 2.04. The second-order valence-electron chi connectivity index (χ2n) is 4.59. The van der Waals surface area contributed by atoms with Gasteiger partial charge in [0, 0.05) is 10.0 Å². The third-order valence-corrected chi connectivity index (χ3v) is 5.39. The van der Waals surface area contributed by atoms with Crippen LogP contribution in [0.1, 0.15) is 0 Å². The largest absolute Gasteiger partial charge is 0.495 e. The van der Waals surface area contributed by atoms with Crippen LogP contribution in [0.15, 0.2) is 60.0 Å². The quantitative estimate of drug-likeness (QED) is 0.707. The molecule has 0 aliphatic rings. The van der Waals surface area contributed by atoms with Crippen molar-refractivity contribution in [1.82, 2.24) is 0 Å². The van der Waals surface area contributed by atoms with E-state index in [0.29, 0.717) is 21.5 Å². The molecule has 0 aromatic heterocycles. The smallest absolute Gasteiger partial charge is 0.264 e. The minimum atomic E-state index is -3.82. The van der Waals surface area contributed by atoms with Gasteiger partial charge in [-0.1, -0.05) is 29.3 Å². The minimum absolute atomic E-state index is 0.0711. The summed E-state index contributed by atoms with van der Waals surface area (Å²) in [5.74, 6) is 0.397. The van der Waals surface area contributed by atoms with E-state index < -0.39 is 10.0 Å². The summed E-state index contributed by atoms with van der Waals surface area (Å²) in [6.07, 6.45) is 1.49. The van der Waals surface area contributed by atoms with Crippen LogP contribution in [0.5, 0.6) is 5.75 Å². The molecule has 2 aromatic carbocycles. The molecule has 0 saturated heterocycles. The molecule has 0 spiro atoms. The number of anilines is 1. The van der Waals surface area contributed by atoms with Crippen molar-refractivity contribution in [1.29, 1.82) is 0 Å². The molecule has 0 fully saturated rings. The van der Waals surface area contributed by atoms with Crippen LogP contribution < -0.4 is 9.04 Å². The summed E-state index contributed by atoms with van der Waals surface area (Å²) in [6, 6.07) is 10.7. The Bertz CT molecular complexity index is 805. The van der Waals surface area contributed by atoms with Crippen LogP contribution in [0.25, 0.3) is 0 Å². The van der Waals surface area contributed by atoms with Crippen LogP contribution in [-0.4, -0.2) is 22.1 Å². The highest BCUT2D eigenvalue weighted by atomic mass is 35.5. The number of halogens is 2. The van der Waals surface area contributed by atoms with Gasteiger partial charge in [-0.15, -0.1) is 6.58 Å². The summed E-state index contributed by atoms with van der Waals surface area (Å²) in [4.78, 5) is 0.116. The van der Waals surface area contributed by atoms with Crippen molar-refractivity contribution in [3.8, 4) is 5.75 Å². The molecule has 0 atom stereocenters. The van der Waals surface area contributed by atoms with Gasteiger partial charge in [0.1, 0.15) is 5.75 Å². The Hall–Kier alpha value is -1.69. The molecule has 122 valence electrons. The molecule has 2 rings (SSSR count). The van der Waals surface area contributed by atoms with Crippen LogP contribution in [-0.2, 0) is 10.0 Å². The Labute approximate surface area is 145 Å². The van der Waals surface area contributed by atoms with Crippen molar-refractivity contribution in [3.05, 3.63) is 65.2 Å². The minimum Gasteiger partial charge on any atom is -0.495 e. The third-order valence-electron chi connectivity index (χ3n) is 3.11. The van der Waals surface area contributed by atoms with E-state index >= 15 is 0 Å². The van der Waals surface area contributed by atoms with Gasteiger partial charge in [0.25, 0.3) is 10.0 Å². The average molecular weight is 372 g/mol. The summed E-state index contributed by atoms with van der Waals surface area (Å²) in [7, 11) is -2.35. The molecule has 7 heteroatoms. The Morgan fingerprint density at radius 2 is 1.74 bits per heavy atom. The lowest BCUT2D eigenvalue weighted by Crippen LogP contribution is -2.31. The number of hydrogen-bond donors (Lipinski definition) is 0. The van der Waals surface area contributed by atoms with E-state index in [1.165, 1.54) is 47.8 Å². The Morgan fingerprint density at radius 1 is 1.13 bits per heavy atom. The SMILES string of the molecule is C=CCN(c1cc(Cl)ccc1OC)S(=O)(=O)c1ccc(Cl)cc1. The van der Waals surface area contributed by atoms with Gasteiger partial charge < -0.3 is 4.74 Å². The van der Waals surface area contributed by atoms with Crippen LogP contribution in [0.4, 0.5) is 5.69 Å². The monoisotopic (exact) mass is 371 g/mol. The lowest BCUT2D eigenvalue weighted by molar-refractivity contribution is 0.415. The van der Waals surface area contributed by atoms with E-state index in [4.69, 9.17) is 27.9 Å². The zero-order valence-corrected chi connectivity index (χ0v) is 14.7. The van der Waals surface area contributed by atoms with E-state index in [1.54, 1.807) is 12.1 Å². The Morgan fingerprint density at radius 3 is 2.30 bits per heavy atom. The first-order valence-corrected chi connectivity index (χ1v) is 8.82. The van der Waals surface area contributed by atoms with Crippen LogP contribution in [0.3, 0.4) is 0 Å². The fraction of sp³-hybridized carbons (Fsp3) is 0.125. The van der Waals surface area contributed by atoms with Crippen molar-refractivity contribution in [2.24, 2.45) is 0 Å². The highest BCUT2D eigenvalue weighted by Crippen LogP contribution is 2.34. The van der Waals surface area contributed by atoms with Crippen molar-refractivity contribution >= 4 is 38.9 Å². The number of hydrogen-bond acceptors (Lipinski definition) is 3. The van der Waals surface area contributed by atoms with E-state index in [0.717, 1.165) is 0 Å². The van der Waals surface area contributed by atoms with Crippen LogP contribution >= 0.6 is 23.2 Å². The molecule has 2 aromatic rings. The maximum absolute atomic E-state index is 12.9. The highest BCUT2D eigenvalue weighted by molar-refractivity contribution is 7.92. The number of ether oxygens (including phenoxy) is 1. The molecule has 0 bridgehead atoms. The van der Waals surface area contributed by atoms with E-state index in [9.17, 15) is 8.42 Å². The number of benzene rings is 2. The van der Waals surface area contributed by atoms with Gasteiger partial charge in [-0.25, -0.2) is 8.42 Å². The van der Waals surface area contributed by atoms with Crippen molar-refractivity contribution in [2.75, 3.05) is 18.0 Å². The molecule has 0 saturated carbocycles. The lowest BCUT2D eigenvalue weighted by atomic mass is 10.3. The first-order valence-electron chi connectivity index (χ1n) is 6.63. The summed E-state index contributed by atoms with van der Waals surface area (Å²) in [5, 5.41) is 0.862. The zero-order valence-electron chi connectivity index (χ0n) is 12.4. The van der Waals surface area contributed by atoms with Crippen molar-refractivity contribution in [2.45, 2.75) is 4.90 Å². The molecule has 0 unspecified atom stereocenters. The van der Waals surface area contributed by atoms with E-state index in [-0.39, 0.29) is 11.4 Å². The first-order chi connectivity index (χ1) is 10.9. The van der Waals surface area contributed by atoms with Crippen molar-refractivity contribution < 1.29 is 13.2 Å². The number of nitrogens with zero attached hydrogens (tertiary/aromatic N) is 1. The predicted molar refractivity (Wildman–Crippen MR) is 94.2 cm³/mol. The number of sulfonamides is 1. The van der Waals surface area contributed by atoms with Crippen molar-refractivity contribution in [3.63, 3.8) is 0 Å². The van der Waals surface area contributed by atoms with E-state index in [1.807, 2.05) is 0 Å². The molecule has 0 amide bonds. The highest BCUT2D eigenvalue weighted by Gasteiger charge is 2.26. The Kier molecular flexibility index (Phi) is 5.57. The zero-order chi connectivity index (χ0) is 17.0. The molecular formula is C16H15Cl2NO3S. The molecule has 0 heterocycles. The topological polar surface area (TPSA) is 46.6 Å². The molecule has 0 radical (unpaired) electrons. The molecule has 0 aliphatic heterocycles. The Balaban J connectivity index is 2.60. The first kappa shape index (κ1) is 17.7. The van der Waals surface area contributed by atoms with E-state index in [2.05, 4.69) is 6.58 Å². The summed E-state index contributed by atoms with van der Waals surface area (Å²) < 4.78 is 32.3. The molecule has 0 aliphatic carbocycles. The summed E-state index contributed by atoms with van der Waals surface area (Å²) in [6.45, 7) is 3.70. The van der Waals surface area contributed by atoms with Crippen LogP contribution in [0, 0.1) is 0 Å². The second-order valence-corrected chi connectivity index (χ2v) is 7.33. The molecular weight excluding hydrogens is 357 g/mol. The van der Waals surface area contributed by atoms with Gasteiger partial charge >= 0.3 is 0 Å². The van der Waals surface area contributed by atoms with Gasteiger partial charge in [0.05, 0.1) is 24.2 Å². The van der Waals surface area contributed by atoms with Gasteiger partial charge in [0.2, 0.25) is 0 Å².